The number of ether oxygens (including phenoxy) is 1. The Bertz CT molecular complexity index is 1210. The number of benzene rings is 2. The molecule has 1 aliphatic heterocycles. The third-order valence-electron chi connectivity index (χ3n) is 5.21. The third-order valence-corrected chi connectivity index (χ3v) is 5.21. The first-order valence-electron chi connectivity index (χ1n) is 9.60. The van der Waals surface area contributed by atoms with Gasteiger partial charge in [-0.2, -0.15) is 0 Å². The molecule has 0 saturated carbocycles. The molecule has 2 heterocycles. The molecule has 0 bridgehead atoms. The van der Waals surface area contributed by atoms with Gasteiger partial charge in [0.25, 0.3) is 17.4 Å². The second kappa shape index (κ2) is 8.38. The quantitative estimate of drug-likeness (QED) is 0.206. The number of methoxy groups -OCH3 is 1. The first-order valence-corrected chi connectivity index (χ1v) is 9.60. The van der Waals surface area contributed by atoms with E-state index in [-0.39, 0.29) is 23.6 Å². The number of nitro benzene ring substituents is 1. The SMILES string of the molecule is COc1ccc(C(O)=C2C(=O)C(=O)N(Cc3ccco3)C2c2cccc([N+](=O)[O-])c2)cc1. The number of nitro groups is 1. The molecule has 0 aliphatic carbocycles. The highest BCUT2D eigenvalue weighted by atomic mass is 16.6. The molecule has 1 aliphatic rings. The maximum absolute atomic E-state index is 13.0. The Morgan fingerprint density at radius 1 is 1.16 bits per heavy atom. The number of aliphatic hydroxyl groups excluding tert-OH is 1. The van der Waals surface area contributed by atoms with Gasteiger partial charge in [-0.3, -0.25) is 19.7 Å². The number of hydrogen-bond acceptors (Lipinski definition) is 7. The normalized spacial score (nSPS) is 17.5. The molecule has 0 spiro atoms. The van der Waals surface area contributed by atoms with E-state index in [9.17, 15) is 24.8 Å². The van der Waals surface area contributed by atoms with Crippen LogP contribution in [0.15, 0.2) is 76.9 Å². The van der Waals surface area contributed by atoms with Gasteiger partial charge in [0.1, 0.15) is 17.3 Å². The van der Waals surface area contributed by atoms with Crippen LogP contribution < -0.4 is 4.74 Å². The second-order valence-electron chi connectivity index (χ2n) is 7.09. The minimum Gasteiger partial charge on any atom is -0.507 e. The summed E-state index contributed by atoms with van der Waals surface area (Å²) >= 11 is 0. The lowest BCUT2D eigenvalue weighted by Gasteiger charge is -2.24. The van der Waals surface area contributed by atoms with Gasteiger partial charge in [-0.15, -0.1) is 0 Å². The van der Waals surface area contributed by atoms with Crippen LogP contribution in [0.4, 0.5) is 5.69 Å². The van der Waals surface area contributed by atoms with Gasteiger partial charge in [0.15, 0.2) is 0 Å². The standard InChI is InChI=1S/C23H18N2O7/c1-31-17-9-7-14(8-10-17)21(26)19-20(15-4-2-5-16(12-15)25(29)30)24(23(28)22(19)27)13-18-6-3-11-32-18/h2-12,20,26H,13H2,1H3. The predicted octanol–water partition coefficient (Wildman–Crippen LogP) is 3.82. The van der Waals surface area contributed by atoms with Crippen molar-refractivity contribution in [1.82, 2.24) is 4.90 Å². The van der Waals surface area contributed by atoms with Gasteiger partial charge >= 0.3 is 0 Å². The van der Waals surface area contributed by atoms with E-state index in [4.69, 9.17) is 9.15 Å². The monoisotopic (exact) mass is 434 g/mol. The summed E-state index contributed by atoms with van der Waals surface area (Å²) in [4.78, 5) is 37.9. The predicted molar refractivity (Wildman–Crippen MR) is 113 cm³/mol. The molecule has 1 unspecified atom stereocenters. The molecule has 1 amide bonds. The lowest BCUT2D eigenvalue weighted by atomic mass is 9.95. The van der Waals surface area contributed by atoms with Crippen molar-refractivity contribution in [2.24, 2.45) is 0 Å². The van der Waals surface area contributed by atoms with Gasteiger partial charge in [0.2, 0.25) is 0 Å². The number of non-ortho nitro benzene ring substituents is 1. The summed E-state index contributed by atoms with van der Waals surface area (Å²) in [6.07, 6.45) is 1.44. The molecule has 3 aromatic rings. The van der Waals surface area contributed by atoms with Crippen molar-refractivity contribution >= 4 is 23.1 Å². The average molecular weight is 434 g/mol. The summed E-state index contributed by atoms with van der Waals surface area (Å²) in [7, 11) is 1.50. The molecule has 1 saturated heterocycles. The van der Waals surface area contributed by atoms with Crippen LogP contribution in [0.5, 0.6) is 5.75 Å². The number of hydrogen-bond donors (Lipinski definition) is 1. The van der Waals surface area contributed by atoms with Gasteiger partial charge in [-0.1, -0.05) is 12.1 Å². The van der Waals surface area contributed by atoms with E-state index in [2.05, 4.69) is 0 Å². The molecule has 9 nitrogen and oxygen atoms in total. The molecule has 32 heavy (non-hydrogen) atoms. The highest BCUT2D eigenvalue weighted by molar-refractivity contribution is 6.46. The molecule has 1 N–H and O–H groups in total. The maximum atomic E-state index is 13.0. The second-order valence-corrected chi connectivity index (χ2v) is 7.09. The van der Waals surface area contributed by atoms with Crippen molar-refractivity contribution < 1.29 is 28.8 Å². The Morgan fingerprint density at radius 2 is 1.91 bits per heavy atom. The van der Waals surface area contributed by atoms with Crippen LogP contribution in [0.2, 0.25) is 0 Å². The number of furan rings is 1. The van der Waals surface area contributed by atoms with Crippen molar-refractivity contribution in [3.05, 3.63) is 99.5 Å². The van der Waals surface area contributed by atoms with Crippen LogP contribution in [0.3, 0.4) is 0 Å². The summed E-state index contributed by atoms with van der Waals surface area (Å²) in [6, 6.07) is 14.2. The van der Waals surface area contributed by atoms with Crippen LogP contribution in [-0.2, 0) is 16.1 Å². The molecule has 0 radical (unpaired) electrons. The molecule has 1 atom stereocenters. The molecular weight excluding hydrogens is 416 g/mol. The molecule has 162 valence electrons. The molecule has 4 rings (SSSR count). The van der Waals surface area contributed by atoms with E-state index < -0.39 is 22.7 Å². The topological polar surface area (TPSA) is 123 Å². The minimum absolute atomic E-state index is 0.0513. The Labute approximate surface area is 182 Å². The van der Waals surface area contributed by atoms with Crippen LogP contribution in [0, 0.1) is 10.1 Å². The van der Waals surface area contributed by atoms with Crippen molar-refractivity contribution in [2.45, 2.75) is 12.6 Å². The summed E-state index contributed by atoms with van der Waals surface area (Å²) < 4.78 is 10.4. The third kappa shape index (κ3) is 3.71. The zero-order valence-electron chi connectivity index (χ0n) is 16.9. The fraction of sp³-hybridized carbons (Fsp3) is 0.130. The first-order chi connectivity index (χ1) is 15.4. The fourth-order valence-corrected chi connectivity index (χ4v) is 3.67. The largest absolute Gasteiger partial charge is 0.507 e. The zero-order valence-corrected chi connectivity index (χ0v) is 16.9. The van der Waals surface area contributed by atoms with Crippen molar-refractivity contribution in [3.8, 4) is 5.75 Å². The number of Topliss-reactive ketones (excluding diaryl/α,β-unsaturated/α-hetero) is 1. The smallest absolute Gasteiger partial charge is 0.296 e. The molecule has 9 heteroatoms. The highest BCUT2D eigenvalue weighted by Crippen LogP contribution is 2.41. The lowest BCUT2D eigenvalue weighted by Crippen LogP contribution is -2.29. The van der Waals surface area contributed by atoms with Gasteiger partial charge in [0, 0.05) is 17.7 Å². The molecule has 1 fully saturated rings. The Balaban J connectivity index is 1.87. The minimum atomic E-state index is -1.04. The van der Waals surface area contributed by atoms with Crippen molar-refractivity contribution in [3.63, 3.8) is 0 Å². The number of likely N-dealkylation sites (tertiary alicyclic amines) is 1. The molecule has 1 aromatic heterocycles. The number of ketones is 1. The van der Waals surface area contributed by atoms with Crippen LogP contribution in [0.1, 0.15) is 22.9 Å². The Kier molecular flexibility index (Phi) is 5.46. The van der Waals surface area contributed by atoms with E-state index in [0.717, 1.165) is 0 Å². The van der Waals surface area contributed by atoms with Gasteiger partial charge in [0.05, 0.1) is 36.5 Å². The van der Waals surface area contributed by atoms with Crippen LogP contribution in [-0.4, -0.2) is 33.7 Å². The van der Waals surface area contributed by atoms with Gasteiger partial charge in [-0.25, -0.2) is 0 Å². The first kappa shape index (κ1) is 20.9. The number of carbonyl (C=O) groups is 2. The van der Waals surface area contributed by atoms with Crippen molar-refractivity contribution in [1.29, 1.82) is 0 Å². The summed E-state index contributed by atoms with van der Waals surface area (Å²) in [5.74, 6) is -1.14. The summed E-state index contributed by atoms with van der Waals surface area (Å²) in [6.45, 7) is -0.0513. The Hall–Kier alpha value is -4.40. The average Bonchev–Trinajstić information content (AvgIpc) is 3.41. The summed E-state index contributed by atoms with van der Waals surface area (Å²) in [5.41, 5.74) is 0.264. The fourth-order valence-electron chi connectivity index (χ4n) is 3.67. The maximum Gasteiger partial charge on any atom is 0.296 e. The number of carbonyl (C=O) groups excluding carboxylic acids is 2. The lowest BCUT2D eigenvalue weighted by molar-refractivity contribution is -0.384. The molecule has 2 aromatic carbocycles. The van der Waals surface area contributed by atoms with E-state index >= 15 is 0 Å². The molecular formula is C23H18N2O7. The van der Waals surface area contributed by atoms with E-state index in [0.29, 0.717) is 22.6 Å². The number of amides is 1. The van der Waals surface area contributed by atoms with E-state index in [1.165, 1.54) is 36.5 Å². The summed E-state index contributed by atoms with van der Waals surface area (Å²) in [5, 5.41) is 22.3. The van der Waals surface area contributed by atoms with Gasteiger partial charge < -0.3 is 19.2 Å². The van der Waals surface area contributed by atoms with Crippen LogP contribution in [0.25, 0.3) is 5.76 Å². The highest BCUT2D eigenvalue weighted by Gasteiger charge is 2.46. The zero-order chi connectivity index (χ0) is 22.8. The van der Waals surface area contributed by atoms with E-state index in [1.807, 2.05) is 0 Å². The number of aliphatic hydroxyl groups is 1. The Morgan fingerprint density at radius 3 is 2.53 bits per heavy atom. The number of nitrogens with zero attached hydrogens (tertiary/aromatic N) is 2. The van der Waals surface area contributed by atoms with Gasteiger partial charge in [-0.05, 0) is 42.0 Å². The van der Waals surface area contributed by atoms with Crippen molar-refractivity contribution in [2.75, 3.05) is 7.11 Å². The number of rotatable bonds is 6. The van der Waals surface area contributed by atoms with Crippen LogP contribution >= 0.6 is 0 Å². The van der Waals surface area contributed by atoms with E-state index in [1.54, 1.807) is 42.5 Å².